The van der Waals surface area contributed by atoms with Crippen molar-refractivity contribution in [3.05, 3.63) is 83.4 Å². The number of nitrogens with zero attached hydrogens (tertiary/aromatic N) is 1. The van der Waals surface area contributed by atoms with E-state index in [0.29, 0.717) is 55.0 Å². The molecule has 4 rings (SSSR count). The third kappa shape index (κ3) is 8.16. The van der Waals surface area contributed by atoms with Crippen LogP contribution < -0.4 is 18.9 Å². The smallest absolute Gasteiger partial charge is 0.222 e. The second-order valence-electron chi connectivity index (χ2n) is 10.2. The molecule has 0 radical (unpaired) electrons. The van der Waals surface area contributed by atoms with E-state index in [9.17, 15) is 4.79 Å². The summed E-state index contributed by atoms with van der Waals surface area (Å²) in [6, 6.07) is 21.9. The summed E-state index contributed by atoms with van der Waals surface area (Å²) in [4.78, 5) is 15.4. The van der Waals surface area contributed by atoms with Crippen molar-refractivity contribution in [2.24, 2.45) is 5.92 Å². The van der Waals surface area contributed by atoms with Gasteiger partial charge in [-0.2, -0.15) is 0 Å². The molecule has 3 aromatic rings. The maximum atomic E-state index is 13.5. The first-order chi connectivity index (χ1) is 19.1. The predicted octanol–water partition coefficient (Wildman–Crippen LogP) is 6.83. The van der Waals surface area contributed by atoms with E-state index < -0.39 is 0 Å². The molecule has 0 aliphatic heterocycles. The van der Waals surface area contributed by atoms with E-state index in [1.165, 1.54) is 25.7 Å². The second kappa shape index (κ2) is 14.5. The lowest BCUT2D eigenvalue weighted by Crippen LogP contribution is -2.32. The molecule has 0 atom stereocenters. The van der Waals surface area contributed by atoms with Crippen LogP contribution in [0.3, 0.4) is 0 Å². The molecule has 0 bridgehead atoms. The second-order valence-corrected chi connectivity index (χ2v) is 10.2. The van der Waals surface area contributed by atoms with Crippen LogP contribution >= 0.6 is 0 Å². The van der Waals surface area contributed by atoms with E-state index in [1.54, 1.807) is 21.3 Å². The monoisotopic (exact) mass is 531 g/mol. The van der Waals surface area contributed by atoms with Gasteiger partial charge in [-0.25, -0.2) is 0 Å². The van der Waals surface area contributed by atoms with E-state index in [4.69, 9.17) is 18.9 Å². The summed E-state index contributed by atoms with van der Waals surface area (Å²) in [5.41, 5.74) is 3.21. The minimum atomic E-state index is 0.200. The molecule has 1 aliphatic carbocycles. The highest BCUT2D eigenvalue weighted by Gasteiger charge is 2.20. The minimum absolute atomic E-state index is 0.200. The number of rotatable bonds is 14. The Morgan fingerprint density at radius 3 is 2.13 bits per heavy atom. The molecule has 1 aliphatic rings. The van der Waals surface area contributed by atoms with E-state index in [1.807, 2.05) is 71.6 Å². The van der Waals surface area contributed by atoms with Crippen LogP contribution in [-0.4, -0.2) is 38.7 Å². The average molecular weight is 532 g/mol. The summed E-state index contributed by atoms with van der Waals surface area (Å²) < 4.78 is 22.5. The average Bonchev–Trinajstić information content (AvgIpc) is 3.51. The molecular weight excluding hydrogens is 490 g/mol. The van der Waals surface area contributed by atoms with Crippen LogP contribution in [0.4, 0.5) is 0 Å². The van der Waals surface area contributed by atoms with Gasteiger partial charge in [0.2, 0.25) is 5.91 Å². The molecule has 6 nitrogen and oxygen atoms in total. The van der Waals surface area contributed by atoms with Gasteiger partial charge < -0.3 is 23.8 Å². The molecule has 0 spiro atoms. The van der Waals surface area contributed by atoms with E-state index in [0.717, 1.165) is 29.5 Å². The standard InChI is InChI=1S/C33H41NO5/c1-36-29-16-13-26(21-31(29)37-2)19-20-34(33(35)18-15-25-9-7-8-10-25)23-28-14-17-30(32(22-28)38-3)39-24-27-11-5-4-6-12-27/h4-6,11-14,16-17,21-22,25H,7-10,15,18-20,23-24H2,1-3H3. The number of ether oxygens (including phenoxy) is 4. The van der Waals surface area contributed by atoms with Crippen LogP contribution in [0.25, 0.3) is 0 Å². The van der Waals surface area contributed by atoms with Gasteiger partial charge in [-0.05, 0) is 59.7 Å². The van der Waals surface area contributed by atoms with E-state index in [2.05, 4.69) is 0 Å². The van der Waals surface area contributed by atoms with Crippen LogP contribution in [0, 0.1) is 5.92 Å². The zero-order valence-electron chi connectivity index (χ0n) is 23.5. The molecule has 6 heteroatoms. The van der Waals surface area contributed by atoms with Crippen LogP contribution in [0.5, 0.6) is 23.0 Å². The fourth-order valence-corrected chi connectivity index (χ4v) is 5.26. The van der Waals surface area contributed by atoms with Crippen LogP contribution in [-0.2, 0) is 24.4 Å². The first kappa shape index (κ1) is 28.3. The summed E-state index contributed by atoms with van der Waals surface area (Å²) in [5, 5.41) is 0. The van der Waals surface area contributed by atoms with E-state index in [-0.39, 0.29) is 5.91 Å². The Bertz CT molecular complexity index is 1190. The SMILES string of the molecule is COc1ccc(CCN(Cc2ccc(OCc3ccccc3)c(OC)c2)C(=O)CCC2CCCC2)cc1OC. The molecule has 0 heterocycles. The third-order valence-electron chi connectivity index (χ3n) is 7.55. The fourth-order valence-electron chi connectivity index (χ4n) is 5.26. The zero-order valence-corrected chi connectivity index (χ0v) is 23.5. The van der Waals surface area contributed by atoms with Crippen molar-refractivity contribution in [3.63, 3.8) is 0 Å². The number of amides is 1. The summed E-state index contributed by atoms with van der Waals surface area (Å²) in [7, 11) is 4.92. The predicted molar refractivity (Wildman–Crippen MR) is 154 cm³/mol. The lowest BCUT2D eigenvalue weighted by atomic mass is 10.0. The van der Waals surface area contributed by atoms with Crippen molar-refractivity contribution in [3.8, 4) is 23.0 Å². The number of carbonyl (C=O) groups is 1. The summed E-state index contributed by atoms with van der Waals surface area (Å²) in [5.74, 6) is 3.64. The molecule has 0 N–H and O–H groups in total. The van der Waals surface area contributed by atoms with Gasteiger partial charge in [0.05, 0.1) is 21.3 Å². The van der Waals surface area contributed by atoms with Gasteiger partial charge in [0, 0.05) is 19.5 Å². The lowest BCUT2D eigenvalue weighted by Gasteiger charge is -2.24. The number of hydrogen-bond acceptors (Lipinski definition) is 5. The number of hydrogen-bond donors (Lipinski definition) is 0. The van der Waals surface area contributed by atoms with Gasteiger partial charge in [0.1, 0.15) is 6.61 Å². The maximum Gasteiger partial charge on any atom is 0.222 e. The van der Waals surface area contributed by atoms with Gasteiger partial charge in [-0.1, -0.05) is 68.1 Å². The van der Waals surface area contributed by atoms with Crippen molar-refractivity contribution in [1.29, 1.82) is 0 Å². The summed E-state index contributed by atoms with van der Waals surface area (Å²) in [6.07, 6.45) is 7.38. The Balaban J connectivity index is 1.45. The van der Waals surface area contributed by atoms with Crippen LogP contribution in [0.15, 0.2) is 66.7 Å². The quantitative estimate of drug-likeness (QED) is 0.228. The van der Waals surface area contributed by atoms with Gasteiger partial charge >= 0.3 is 0 Å². The normalized spacial score (nSPS) is 13.2. The Morgan fingerprint density at radius 2 is 1.41 bits per heavy atom. The molecular formula is C33H41NO5. The largest absolute Gasteiger partial charge is 0.493 e. The number of methoxy groups -OCH3 is 3. The molecule has 1 saturated carbocycles. The van der Waals surface area contributed by atoms with Crippen molar-refractivity contribution in [2.45, 2.75) is 58.1 Å². The highest BCUT2D eigenvalue weighted by Crippen LogP contribution is 2.31. The fraction of sp³-hybridized carbons (Fsp3) is 0.424. The van der Waals surface area contributed by atoms with Crippen LogP contribution in [0.2, 0.25) is 0 Å². The van der Waals surface area contributed by atoms with Gasteiger partial charge in [-0.15, -0.1) is 0 Å². The molecule has 0 unspecified atom stereocenters. The molecule has 0 aromatic heterocycles. The van der Waals surface area contributed by atoms with Crippen molar-refractivity contribution < 1.29 is 23.7 Å². The first-order valence-corrected chi connectivity index (χ1v) is 13.9. The Hall–Kier alpha value is -3.67. The van der Waals surface area contributed by atoms with Crippen LogP contribution in [0.1, 0.15) is 55.2 Å². The topological polar surface area (TPSA) is 57.2 Å². The summed E-state index contributed by atoms with van der Waals surface area (Å²) in [6.45, 7) is 1.60. The van der Waals surface area contributed by atoms with Gasteiger partial charge in [0.15, 0.2) is 23.0 Å². The number of carbonyl (C=O) groups excluding carboxylic acids is 1. The molecule has 1 fully saturated rings. The van der Waals surface area contributed by atoms with Crippen molar-refractivity contribution >= 4 is 5.91 Å². The Kier molecular flexibility index (Phi) is 10.5. The highest BCUT2D eigenvalue weighted by molar-refractivity contribution is 5.76. The Labute approximate surface area is 232 Å². The Morgan fingerprint density at radius 1 is 0.769 bits per heavy atom. The maximum absolute atomic E-state index is 13.5. The third-order valence-corrected chi connectivity index (χ3v) is 7.55. The molecule has 1 amide bonds. The molecule has 0 saturated heterocycles. The molecule has 208 valence electrons. The van der Waals surface area contributed by atoms with Gasteiger partial charge in [0.25, 0.3) is 0 Å². The lowest BCUT2D eigenvalue weighted by molar-refractivity contribution is -0.132. The van der Waals surface area contributed by atoms with E-state index >= 15 is 0 Å². The van der Waals surface area contributed by atoms with Gasteiger partial charge in [-0.3, -0.25) is 4.79 Å². The van der Waals surface area contributed by atoms with Crippen molar-refractivity contribution in [1.82, 2.24) is 4.90 Å². The molecule has 39 heavy (non-hydrogen) atoms. The first-order valence-electron chi connectivity index (χ1n) is 13.9. The zero-order chi connectivity index (χ0) is 27.5. The summed E-state index contributed by atoms with van der Waals surface area (Å²) >= 11 is 0. The highest BCUT2D eigenvalue weighted by atomic mass is 16.5. The number of benzene rings is 3. The minimum Gasteiger partial charge on any atom is -0.493 e. The molecule has 3 aromatic carbocycles. The van der Waals surface area contributed by atoms with Crippen molar-refractivity contribution in [2.75, 3.05) is 27.9 Å².